The lowest BCUT2D eigenvalue weighted by Crippen LogP contribution is -2.17. The van der Waals surface area contributed by atoms with Crippen LogP contribution in [0.2, 0.25) is 0 Å². The molecule has 0 unspecified atom stereocenters. The molecule has 0 aliphatic carbocycles. The van der Waals surface area contributed by atoms with Gasteiger partial charge in [-0.3, -0.25) is 4.79 Å². The van der Waals surface area contributed by atoms with E-state index in [-0.39, 0.29) is 5.91 Å². The summed E-state index contributed by atoms with van der Waals surface area (Å²) in [6.07, 6.45) is 1.68. The molecule has 0 fully saturated rings. The SMILES string of the molecule is Cc1cccc(C(=O)N/N=C/c2cc(C)n(-c3ccccc3Br)c2C)c1. The minimum absolute atomic E-state index is 0.218. The van der Waals surface area contributed by atoms with Gasteiger partial charge in [-0.15, -0.1) is 0 Å². The van der Waals surface area contributed by atoms with Crippen molar-refractivity contribution in [2.75, 3.05) is 0 Å². The minimum atomic E-state index is -0.218. The van der Waals surface area contributed by atoms with E-state index in [0.717, 1.165) is 32.7 Å². The molecule has 1 amide bonds. The number of halogens is 1. The second-order valence-electron chi connectivity index (χ2n) is 6.18. The number of hydrogen-bond acceptors (Lipinski definition) is 2. The Kier molecular flexibility index (Phi) is 5.38. The number of carbonyl (C=O) groups is 1. The van der Waals surface area contributed by atoms with Gasteiger partial charge in [0, 0.05) is 27.0 Å². The molecule has 132 valence electrons. The van der Waals surface area contributed by atoms with E-state index in [0.29, 0.717) is 5.56 Å². The fraction of sp³-hybridized carbons (Fsp3) is 0.143. The van der Waals surface area contributed by atoms with Crippen LogP contribution in [0.3, 0.4) is 0 Å². The van der Waals surface area contributed by atoms with E-state index >= 15 is 0 Å². The van der Waals surface area contributed by atoms with E-state index in [1.165, 1.54) is 0 Å². The summed E-state index contributed by atoms with van der Waals surface area (Å²) in [5.74, 6) is -0.218. The molecule has 0 bridgehead atoms. The number of hydrazone groups is 1. The summed E-state index contributed by atoms with van der Waals surface area (Å²) in [6.45, 7) is 6.04. The number of rotatable bonds is 4. The lowest BCUT2D eigenvalue weighted by Gasteiger charge is -2.11. The van der Waals surface area contributed by atoms with Gasteiger partial charge in [0.2, 0.25) is 0 Å². The van der Waals surface area contributed by atoms with Crippen molar-refractivity contribution in [3.05, 3.63) is 87.1 Å². The van der Waals surface area contributed by atoms with Crippen molar-refractivity contribution in [1.82, 2.24) is 9.99 Å². The highest BCUT2D eigenvalue weighted by Gasteiger charge is 2.11. The van der Waals surface area contributed by atoms with Crippen molar-refractivity contribution < 1.29 is 4.79 Å². The number of amides is 1. The number of benzene rings is 2. The van der Waals surface area contributed by atoms with E-state index in [9.17, 15) is 4.79 Å². The molecule has 0 spiro atoms. The fourth-order valence-electron chi connectivity index (χ4n) is 2.93. The van der Waals surface area contributed by atoms with Crippen LogP contribution in [0.1, 0.15) is 32.9 Å². The molecular weight excluding hydrogens is 390 g/mol. The van der Waals surface area contributed by atoms with Crippen molar-refractivity contribution in [3.63, 3.8) is 0 Å². The highest BCUT2D eigenvalue weighted by Crippen LogP contribution is 2.26. The van der Waals surface area contributed by atoms with Crippen LogP contribution in [0, 0.1) is 20.8 Å². The molecule has 5 heteroatoms. The number of para-hydroxylation sites is 1. The van der Waals surface area contributed by atoms with E-state index in [1.807, 2.05) is 50.2 Å². The average molecular weight is 410 g/mol. The number of nitrogens with zero attached hydrogens (tertiary/aromatic N) is 2. The molecule has 0 saturated carbocycles. The zero-order valence-electron chi connectivity index (χ0n) is 15.0. The molecule has 0 saturated heterocycles. The molecular formula is C21H20BrN3O. The van der Waals surface area contributed by atoms with Crippen LogP contribution >= 0.6 is 15.9 Å². The lowest BCUT2D eigenvalue weighted by atomic mass is 10.1. The van der Waals surface area contributed by atoms with E-state index < -0.39 is 0 Å². The summed E-state index contributed by atoms with van der Waals surface area (Å²) >= 11 is 3.60. The van der Waals surface area contributed by atoms with E-state index in [2.05, 4.69) is 50.1 Å². The third-order valence-corrected chi connectivity index (χ3v) is 4.88. The molecule has 0 atom stereocenters. The average Bonchev–Trinajstić information content (AvgIpc) is 2.89. The Morgan fingerprint density at radius 3 is 2.58 bits per heavy atom. The molecule has 26 heavy (non-hydrogen) atoms. The summed E-state index contributed by atoms with van der Waals surface area (Å²) in [7, 11) is 0. The molecule has 1 N–H and O–H groups in total. The molecule has 1 aromatic heterocycles. The topological polar surface area (TPSA) is 46.4 Å². The lowest BCUT2D eigenvalue weighted by molar-refractivity contribution is 0.0955. The summed E-state index contributed by atoms with van der Waals surface area (Å²) < 4.78 is 3.19. The van der Waals surface area contributed by atoms with Crippen molar-refractivity contribution in [3.8, 4) is 5.69 Å². The van der Waals surface area contributed by atoms with Gasteiger partial charge in [-0.1, -0.05) is 29.8 Å². The number of carbonyl (C=O) groups excluding carboxylic acids is 1. The van der Waals surface area contributed by atoms with Crippen LogP contribution in [-0.2, 0) is 0 Å². The molecule has 0 aliphatic rings. The zero-order chi connectivity index (χ0) is 18.7. The van der Waals surface area contributed by atoms with Crippen LogP contribution in [0.5, 0.6) is 0 Å². The molecule has 0 aliphatic heterocycles. The Morgan fingerprint density at radius 2 is 1.85 bits per heavy atom. The first-order valence-corrected chi connectivity index (χ1v) is 9.10. The smallest absolute Gasteiger partial charge is 0.271 e. The second kappa shape index (κ2) is 7.70. The summed E-state index contributed by atoms with van der Waals surface area (Å²) in [4.78, 5) is 12.2. The maximum absolute atomic E-state index is 12.2. The molecule has 0 radical (unpaired) electrons. The predicted octanol–water partition coefficient (Wildman–Crippen LogP) is 4.93. The van der Waals surface area contributed by atoms with Crippen LogP contribution in [0.15, 0.2) is 64.2 Å². The van der Waals surface area contributed by atoms with Crippen LogP contribution in [0.4, 0.5) is 0 Å². The first kappa shape index (κ1) is 18.1. The zero-order valence-corrected chi connectivity index (χ0v) is 16.5. The molecule has 2 aromatic carbocycles. The number of aromatic nitrogens is 1. The van der Waals surface area contributed by atoms with E-state index in [1.54, 1.807) is 12.3 Å². The van der Waals surface area contributed by atoms with Crippen LogP contribution in [0.25, 0.3) is 5.69 Å². The van der Waals surface area contributed by atoms with Crippen molar-refractivity contribution in [1.29, 1.82) is 0 Å². The molecule has 4 nitrogen and oxygen atoms in total. The highest BCUT2D eigenvalue weighted by molar-refractivity contribution is 9.10. The van der Waals surface area contributed by atoms with Gasteiger partial charge in [-0.05, 0) is 67.0 Å². The largest absolute Gasteiger partial charge is 0.317 e. The quantitative estimate of drug-likeness (QED) is 0.481. The third-order valence-electron chi connectivity index (χ3n) is 4.21. The maximum atomic E-state index is 12.2. The minimum Gasteiger partial charge on any atom is -0.317 e. The van der Waals surface area contributed by atoms with Gasteiger partial charge in [0.05, 0.1) is 11.9 Å². The normalized spacial score (nSPS) is 11.1. The Hall–Kier alpha value is -2.66. The van der Waals surface area contributed by atoms with Gasteiger partial charge in [-0.2, -0.15) is 5.10 Å². The Balaban J connectivity index is 1.81. The summed E-state index contributed by atoms with van der Waals surface area (Å²) in [5.41, 5.74) is 8.42. The fourth-order valence-corrected chi connectivity index (χ4v) is 3.40. The Bertz CT molecular complexity index is 989. The number of aryl methyl sites for hydroxylation is 2. The van der Waals surface area contributed by atoms with Gasteiger partial charge in [0.25, 0.3) is 5.91 Å². The van der Waals surface area contributed by atoms with Crippen LogP contribution in [-0.4, -0.2) is 16.7 Å². The first-order valence-electron chi connectivity index (χ1n) is 8.31. The van der Waals surface area contributed by atoms with Gasteiger partial charge in [0.15, 0.2) is 0 Å². The molecule has 3 rings (SSSR count). The highest BCUT2D eigenvalue weighted by atomic mass is 79.9. The Morgan fingerprint density at radius 1 is 1.08 bits per heavy atom. The van der Waals surface area contributed by atoms with Crippen molar-refractivity contribution in [2.24, 2.45) is 5.10 Å². The predicted molar refractivity (Wildman–Crippen MR) is 109 cm³/mol. The summed E-state index contributed by atoms with van der Waals surface area (Å²) in [6, 6.07) is 17.6. The van der Waals surface area contributed by atoms with Gasteiger partial charge >= 0.3 is 0 Å². The summed E-state index contributed by atoms with van der Waals surface area (Å²) in [5, 5.41) is 4.13. The molecule has 1 heterocycles. The maximum Gasteiger partial charge on any atom is 0.271 e. The number of nitrogens with one attached hydrogen (secondary N) is 1. The molecule has 3 aromatic rings. The van der Waals surface area contributed by atoms with Gasteiger partial charge < -0.3 is 4.57 Å². The second-order valence-corrected chi connectivity index (χ2v) is 7.04. The van der Waals surface area contributed by atoms with E-state index in [4.69, 9.17) is 0 Å². The monoisotopic (exact) mass is 409 g/mol. The standard InChI is InChI=1S/C21H20BrN3O/c1-14-7-6-8-17(11-14)21(26)24-23-13-18-12-15(2)25(16(18)3)20-10-5-4-9-19(20)22/h4-13H,1-3H3,(H,24,26)/b23-13+. The van der Waals surface area contributed by atoms with Crippen molar-refractivity contribution in [2.45, 2.75) is 20.8 Å². The Labute approximate surface area is 161 Å². The first-order chi connectivity index (χ1) is 12.5. The third kappa shape index (κ3) is 3.78. The number of hydrogen-bond donors (Lipinski definition) is 1. The van der Waals surface area contributed by atoms with Crippen molar-refractivity contribution >= 4 is 28.1 Å². The van der Waals surface area contributed by atoms with Crippen LogP contribution < -0.4 is 5.43 Å². The van der Waals surface area contributed by atoms with Gasteiger partial charge in [0.1, 0.15) is 0 Å². The van der Waals surface area contributed by atoms with Gasteiger partial charge in [-0.25, -0.2) is 5.43 Å².